The molecule has 3 aliphatic heterocycles. The fourth-order valence-corrected chi connectivity index (χ4v) is 7.16. The molecule has 0 unspecified atom stereocenters. The smallest absolute Gasteiger partial charge is 0.410 e. The van der Waals surface area contributed by atoms with Gasteiger partial charge in [-0.3, -0.25) is 14.5 Å². The van der Waals surface area contributed by atoms with Gasteiger partial charge in [-0.2, -0.15) is 0 Å². The predicted octanol–water partition coefficient (Wildman–Crippen LogP) is 5.45. The molecule has 210 valence electrons. The molecule has 2 saturated heterocycles. The number of rotatable bonds is 2. The van der Waals surface area contributed by atoms with Gasteiger partial charge in [-0.15, -0.1) is 0 Å². The van der Waals surface area contributed by atoms with E-state index in [1.165, 1.54) is 0 Å². The van der Waals surface area contributed by atoms with Gasteiger partial charge in [0, 0.05) is 35.8 Å². The Hall–Kier alpha value is -4.23. The zero-order valence-corrected chi connectivity index (χ0v) is 23.9. The van der Waals surface area contributed by atoms with E-state index in [0.717, 1.165) is 16.7 Å². The van der Waals surface area contributed by atoms with Crippen LogP contribution in [0.3, 0.4) is 0 Å². The highest BCUT2D eigenvalue weighted by Gasteiger charge is 2.75. The van der Waals surface area contributed by atoms with Gasteiger partial charge in [0.25, 0.3) is 5.91 Å². The lowest BCUT2D eigenvalue weighted by molar-refractivity contribution is -0.146. The zero-order chi connectivity index (χ0) is 29.0. The summed E-state index contributed by atoms with van der Waals surface area (Å²) in [4.78, 5) is 47.0. The molecule has 3 aliphatic rings. The third-order valence-corrected chi connectivity index (χ3v) is 8.66. The molecular weight excluding hydrogens is 514 g/mol. The number of amides is 2. The van der Waals surface area contributed by atoms with Crippen LogP contribution in [0.4, 0.5) is 10.5 Å². The van der Waals surface area contributed by atoms with Gasteiger partial charge in [0.05, 0.1) is 12.0 Å². The molecule has 0 aromatic heterocycles. The summed E-state index contributed by atoms with van der Waals surface area (Å²) in [5.74, 6) is -0.744. The lowest BCUT2D eigenvalue weighted by atomic mass is 9.56. The number of benzene rings is 3. The molecule has 0 saturated carbocycles. The van der Waals surface area contributed by atoms with Crippen molar-refractivity contribution in [2.75, 3.05) is 32.0 Å². The minimum absolute atomic E-state index is 0.0402. The molecule has 3 heterocycles. The maximum absolute atomic E-state index is 15.2. The third-order valence-electron chi connectivity index (χ3n) is 8.66. The fourth-order valence-electron chi connectivity index (χ4n) is 7.16. The van der Waals surface area contributed by atoms with E-state index in [9.17, 15) is 9.59 Å². The van der Waals surface area contributed by atoms with Crippen LogP contribution in [0, 0.1) is 5.41 Å². The number of carbonyl (C=O) groups excluding carboxylic acids is 3. The predicted molar refractivity (Wildman–Crippen MR) is 158 cm³/mol. The van der Waals surface area contributed by atoms with E-state index in [-0.39, 0.29) is 30.7 Å². The standard InChI is InChI=1S/C34H35N3O4/c1-32(2,3)41-31(40)37-20-25(19-23-13-7-5-8-14-23)29(38)33(22-37)27(24-15-9-6-10-16-24)21-36(4)34(33)26-17-11-12-18-28(26)35-30(34)39/h5-19,27H,20-22H2,1-4H3,(H,35,39)/b25-19+/t27-,33+,34+/m1/s1. The molecule has 2 fully saturated rings. The number of likely N-dealkylation sites (tertiary alicyclic amines) is 2. The number of fused-ring (bicyclic) bond motifs is 3. The van der Waals surface area contributed by atoms with E-state index in [4.69, 9.17) is 4.74 Å². The first-order chi connectivity index (χ1) is 19.6. The molecule has 3 atom stereocenters. The molecule has 7 heteroatoms. The lowest BCUT2D eigenvalue weighted by Crippen LogP contribution is -2.66. The molecule has 1 N–H and O–H groups in total. The minimum Gasteiger partial charge on any atom is -0.444 e. The van der Waals surface area contributed by atoms with Crippen molar-refractivity contribution in [3.63, 3.8) is 0 Å². The fraction of sp³-hybridized carbons (Fsp3) is 0.324. The summed E-state index contributed by atoms with van der Waals surface area (Å²) < 4.78 is 5.86. The second-order valence-corrected chi connectivity index (χ2v) is 12.3. The summed E-state index contributed by atoms with van der Waals surface area (Å²) in [7, 11) is 1.91. The maximum Gasteiger partial charge on any atom is 0.410 e. The quantitative estimate of drug-likeness (QED) is 0.430. The summed E-state index contributed by atoms with van der Waals surface area (Å²) in [6.45, 7) is 6.07. The van der Waals surface area contributed by atoms with Gasteiger partial charge in [0.2, 0.25) is 0 Å². The van der Waals surface area contributed by atoms with Crippen molar-refractivity contribution >= 4 is 29.5 Å². The number of nitrogens with zero attached hydrogens (tertiary/aromatic N) is 2. The molecular formula is C34H35N3O4. The SMILES string of the molecule is CN1C[C@H](c2ccccc2)[C@]2(CN(C(=O)OC(C)(C)C)C/C(=C\c3ccccc3)C2=O)[C@]12C(=O)Nc1ccccc12. The van der Waals surface area contributed by atoms with Crippen molar-refractivity contribution in [2.24, 2.45) is 5.41 Å². The number of ether oxygens (including phenoxy) is 1. The molecule has 0 aliphatic carbocycles. The highest BCUT2D eigenvalue weighted by molar-refractivity contribution is 6.16. The van der Waals surface area contributed by atoms with Gasteiger partial charge in [-0.25, -0.2) is 4.79 Å². The van der Waals surface area contributed by atoms with Crippen LogP contribution in [0.25, 0.3) is 6.08 Å². The Kier molecular flexibility index (Phi) is 6.38. The van der Waals surface area contributed by atoms with Crippen LogP contribution in [0.5, 0.6) is 0 Å². The van der Waals surface area contributed by atoms with Crippen LogP contribution in [-0.2, 0) is 19.9 Å². The Morgan fingerprint density at radius 2 is 1.59 bits per heavy atom. The summed E-state index contributed by atoms with van der Waals surface area (Å²) in [6.07, 6.45) is 1.35. The number of hydrogen-bond donors (Lipinski definition) is 1. The summed E-state index contributed by atoms with van der Waals surface area (Å²) in [5, 5.41) is 3.08. The van der Waals surface area contributed by atoms with Crippen molar-refractivity contribution in [3.05, 3.63) is 107 Å². The molecule has 0 bridgehead atoms. The second kappa shape index (κ2) is 9.70. The number of Topliss-reactive ketones (excluding diaryl/α,β-unsaturated/α-hetero) is 1. The molecule has 0 radical (unpaired) electrons. The number of piperidine rings is 1. The average Bonchev–Trinajstić information content (AvgIpc) is 3.39. The number of hydrogen-bond acceptors (Lipinski definition) is 5. The van der Waals surface area contributed by atoms with Gasteiger partial charge in [0.1, 0.15) is 11.1 Å². The Balaban J connectivity index is 1.63. The number of nitrogens with one attached hydrogen (secondary N) is 1. The van der Waals surface area contributed by atoms with Crippen molar-refractivity contribution in [1.29, 1.82) is 0 Å². The topological polar surface area (TPSA) is 79.0 Å². The van der Waals surface area contributed by atoms with Crippen molar-refractivity contribution in [1.82, 2.24) is 9.80 Å². The van der Waals surface area contributed by atoms with Crippen LogP contribution in [0.1, 0.15) is 43.4 Å². The number of para-hydroxylation sites is 1. The normalized spacial score (nSPS) is 27.0. The zero-order valence-electron chi connectivity index (χ0n) is 23.9. The number of carbonyl (C=O) groups is 3. The summed E-state index contributed by atoms with van der Waals surface area (Å²) in [6, 6.07) is 27.1. The molecule has 3 aromatic carbocycles. The average molecular weight is 550 g/mol. The second-order valence-electron chi connectivity index (χ2n) is 12.3. The maximum atomic E-state index is 15.2. The summed E-state index contributed by atoms with van der Waals surface area (Å²) >= 11 is 0. The van der Waals surface area contributed by atoms with E-state index in [2.05, 4.69) is 5.32 Å². The van der Waals surface area contributed by atoms with Crippen LogP contribution in [0.2, 0.25) is 0 Å². The van der Waals surface area contributed by atoms with Crippen molar-refractivity contribution in [2.45, 2.75) is 37.8 Å². The van der Waals surface area contributed by atoms with E-state index in [0.29, 0.717) is 17.8 Å². The van der Waals surface area contributed by atoms with Gasteiger partial charge >= 0.3 is 6.09 Å². The van der Waals surface area contributed by atoms with E-state index >= 15 is 4.79 Å². The monoisotopic (exact) mass is 549 g/mol. The van der Waals surface area contributed by atoms with Crippen LogP contribution >= 0.6 is 0 Å². The van der Waals surface area contributed by atoms with Gasteiger partial charge in [0.15, 0.2) is 5.78 Å². The Bertz CT molecular complexity index is 1540. The Labute approximate surface area is 240 Å². The van der Waals surface area contributed by atoms with Crippen molar-refractivity contribution in [3.8, 4) is 0 Å². The lowest BCUT2D eigenvalue weighted by Gasteiger charge is -2.51. The molecule has 6 rings (SSSR count). The first-order valence-electron chi connectivity index (χ1n) is 14.0. The van der Waals surface area contributed by atoms with Gasteiger partial charge < -0.3 is 15.0 Å². The highest BCUT2D eigenvalue weighted by atomic mass is 16.6. The largest absolute Gasteiger partial charge is 0.444 e. The minimum atomic E-state index is -1.34. The molecule has 3 aromatic rings. The van der Waals surface area contributed by atoms with Crippen molar-refractivity contribution < 1.29 is 19.1 Å². The number of likely N-dealkylation sites (N-methyl/N-ethyl adjacent to an activating group) is 1. The number of ketones is 1. The molecule has 7 nitrogen and oxygen atoms in total. The highest BCUT2D eigenvalue weighted by Crippen LogP contribution is 2.64. The van der Waals surface area contributed by atoms with Gasteiger partial charge in [-0.1, -0.05) is 78.9 Å². The first-order valence-corrected chi connectivity index (χ1v) is 14.0. The van der Waals surface area contributed by atoms with E-state index < -0.39 is 22.6 Å². The van der Waals surface area contributed by atoms with E-state index in [1.54, 1.807) is 4.90 Å². The Morgan fingerprint density at radius 3 is 2.27 bits per heavy atom. The van der Waals surface area contributed by atoms with E-state index in [1.807, 2.05) is 124 Å². The first kappa shape index (κ1) is 27.0. The number of anilines is 1. The van der Waals surface area contributed by atoms with Gasteiger partial charge in [-0.05, 0) is 51.1 Å². The Morgan fingerprint density at radius 1 is 0.951 bits per heavy atom. The van der Waals surface area contributed by atoms with Crippen LogP contribution in [-0.4, -0.2) is 59.9 Å². The summed E-state index contributed by atoms with van der Waals surface area (Å²) in [5.41, 5.74) is 0.332. The van der Waals surface area contributed by atoms with Crippen LogP contribution in [0.15, 0.2) is 90.5 Å². The molecule has 2 amide bonds. The molecule has 41 heavy (non-hydrogen) atoms. The van der Waals surface area contributed by atoms with Crippen LogP contribution < -0.4 is 5.32 Å². The third kappa shape index (κ3) is 4.10. The molecule has 2 spiro atoms.